The summed E-state index contributed by atoms with van der Waals surface area (Å²) in [5.74, 6) is -0.337. The van der Waals surface area contributed by atoms with E-state index in [0.29, 0.717) is 10.7 Å². The van der Waals surface area contributed by atoms with Crippen LogP contribution in [-0.4, -0.2) is 20.4 Å². The first-order valence-electron chi connectivity index (χ1n) is 7.64. The molecule has 0 aromatic heterocycles. The van der Waals surface area contributed by atoms with Gasteiger partial charge < -0.3 is 5.32 Å². The summed E-state index contributed by atoms with van der Waals surface area (Å²) in [7, 11) is -3.55. The number of benzene rings is 2. The number of carbonyl (C=O) groups excluding carboxylic acids is 1. The standard InChI is InChI=1S/C18H19ClN2O3S/c1-13(2)21-25(23,24)16-10-8-15(9-11-16)20-18(22)12-7-14-5-3-4-6-17(14)19/h3-13,21H,1-2H3,(H,20,22). The molecule has 0 spiro atoms. The van der Waals surface area contributed by atoms with Crippen molar-refractivity contribution in [1.82, 2.24) is 4.72 Å². The number of carbonyl (C=O) groups is 1. The Morgan fingerprint density at radius 1 is 1.08 bits per heavy atom. The van der Waals surface area contributed by atoms with Gasteiger partial charge in [-0.25, -0.2) is 13.1 Å². The molecule has 7 heteroatoms. The van der Waals surface area contributed by atoms with Gasteiger partial charge in [-0.3, -0.25) is 4.79 Å². The zero-order chi connectivity index (χ0) is 18.4. The van der Waals surface area contributed by atoms with Gasteiger partial charge in [-0.1, -0.05) is 29.8 Å². The summed E-state index contributed by atoms with van der Waals surface area (Å²) in [5, 5.41) is 3.22. The molecule has 2 aromatic carbocycles. The van der Waals surface area contributed by atoms with Crippen LogP contribution >= 0.6 is 11.6 Å². The van der Waals surface area contributed by atoms with Crippen molar-refractivity contribution in [1.29, 1.82) is 0 Å². The molecule has 2 rings (SSSR count). The van der Waals surface area contributed by atoms with E-state index in [4.69, 9.17) is 11.6 Å². The summed E-state index contributed by atoms with van der Waals surface area (Å²) >= 11 is 6.02. The summed E-state index contributed by atoms with van der Waals surface area (Å²) < 4.78 is 26.6. The molecule has 25 heavy (non-hydrogen) atoms. The molecule has 0 aliphatic carbocycles. The van der Waals surface area contributed by atoms with Crippen LogP contribution in [0.1, 0.15) is 19.4 Å². The van der Waals surface area contributed by atoms with Crippen molar-refractivity contribution in [2.75, 3.05) is 5.32 Å². The highest BCUT2D eigenvalue weighted by Crippen LogP contribution is 2.17. The van der Waals surface area contributed by atoms with Crippen molar-refractivity contribution in [3.63, 3.8) is 0 Å². The lowest BCUT2D eigenvalue weighted by Gasteiger charge is -2.10. The summed E-state index contributed by atoms with van der Waals surface area (Å²) in [6.45, 7) is 3.49. The normalized spacial score (nSPS) is 11.8. The van der Waals surface area contributed by atoms with E-state index in [1.54, 1.807) is 32.1 Å². The van der Waals surface area contributed by atoms with Crippen molar-refractivity contribution in [2.45, 2.75) is 24.8 Å². The first-order chi connectivity index (χ1) is 11.8. The minimum Gasteiger partial charge on any atom is -0.323 e. The summed E-state index contributed by atoms with van der Waals surface area (Å²) in [6.07, 6.45) is 2.98. The molecule has 0 saturated heterocycles. The SMILES string of the molecule is CC(C)NS(=O)(=O)c1ccc(NC(=O)C=Cc2ccccc2Cl)cc1. The Labute approximate surface area is 152 Å². The van der Waals surface area contributed by atoms with Crippen molar-refractivity contribution in [3.8, 4) is 0 Å². The fraction of sp³-hybridized carbons (Fsp3) is 0.167. The molecule has 0 radical (unpaired) electrons. The lowest BCUT2D eigenvalue weighted by atomic mass is 10.2. The summed E-state index contributed by atoms with van der Waals surface area (Å²) in [4.78, 5) is 12.1. The number of hydrogen-bond acceptors (Lipinski definition) is 3. The first-order valence-corrected chi connectivity index (χ1v) is 9.50. The lowest BCUT2D eigenvalue weighted by Crippen LogP contribution is -2.30. The lowest BCUT2D eigenvalue weighted by molar-refractivity contribution is -0.111. The van der Waals surface area contributed by atoms with Crippen molar-refractivity contribution in [2.24, 2.45) is 0 Å². The third kappa shape index (κ3) is 5.70. The van der Waals surface area contributed by atoms with Gasteiger partial charge in [0.2, 0.25) is 15.9 Å². The quantitative estimate of drug-likeness (QED) is 0.753. The van der Waals surface area contributed by atoms with E-state index < -0.39 is 10.0 Å². The molecule has 0 atom stereocenters. The molecule has 0 saturated carbocycles. The molecule has 0 unspecified atom stereocenters. The molecular formula is C18H19ClN2O3S. The van der Waals surface area contributed by atoms with Crippen LogP contribution in [0.25, 0.3) is 6.08 Å². The number of hydrogen-bond donors (Lipinski definition) is 2. The maximum Gasteiger partial charge on any atom is 0.248 e. The molecule has 0 aliphatic heterocycles. The van der Waals surface area contributed by atoms with E-state index in [1.807, 2.05) is 12.1 Å². The van der Waals surface area contributed by atoms with Crippen molar-refractivity contribution < 1.29 is 13.2 Å². The van der Waals surface area contributed by atoms with Crippen LogP contribution in [0.2, 0.25) is 5.02 Å². The van der Waals surface area contributed by atoms with Crippen LogP contribution in [0, 0.1) is 0 Å². The number of rotatable bonds is 6. The highest BCUT2D eigenvalue weighted by Gasteiger charge is 2.14. The Bertz CT molecular complexity index is 875. The topological polar surface area (TPSA) is 75.3 Å². The maximum absolute atomic E-state index is 12.0. The first kappa shape index (κ1) is 19.2. The number of sulfonamides is 1. The van der Waals surface area contributed by atoms with Crippen LogP contribution in [0.15, 0.2) is 59.5 Å². The second-order valence-corrected chi connectivity index (χ2v) is 7.77. The Morgan fingerprint density at radius 3 is 2.32 bits per heavy atom. The second-order valence-electron chi connectivity index (χ2n) is 5.64. The summed E-state index contributed by atoms with van der Waals surface area (Å²) in [5.41, 5.74) is 1.23. The molecule has 0 bridgehead atoms. The van der Waals surface area contributed by atoms with Gasteiger partial charge in [0.05, 0.1) is 4.90 Å². The zero-order valence-electron chi connectivity index (χ0n) is 13.9. The molecule has 132 valence electrons. The Balaban J connectivity index is 2.04. The van der Waals surface area contributed by atoms with Gasteiger partial charge >= 0.3 is 0 Å². The molecular weight excluding hydrogens is 360 g/mol. The molecule has 0 fully saturated rings. The van der Waals surface area contributed by atoms with Gasteiger partial charge in [0.15, 0.2) is 0 Å². The van der Waals surface area contributed by atoms with Crippen molar-refractivity contribution >= 4 is 39.3 Å². The molecule has 2 aromatic rings. The van der Waals surface area contributed by atoms with Gasteiger partial charge in [-0.2, -0.15) is 0 Å². The molecule has 5 nitrogen and oxygen atoms in total. The fourth-order valence-corrected chi connectivity index (χ4v) is 3.51. The summed E-state index contributed by atoms with van der Waals surface area (Å²) in [6, 6.07) is 12.9. The fourth-order valence-electron chi connectivity index (χ4n) is 2.06. The van der Waals surface area contributed by atoms with E-state index in [9.17, 15) is 13.2 Å². The number of nitrogens with one attached hydrogen (secondary N) is 2. The van der Waals surface area contributed by atoms with E-state index >= 15 is 0 Å². The molecule has 0 heterocycles. The number of amides is 1. The zero-order valence-corrected chi connectivity index (χ0v) is 15.4. The average molecular weight is 379 g/mol. The predicted molar refractivity (Wildman–Crippen MR) is 101 cm³/mol. The highest BCUT2D eigenvalue weighted by molar-refractivity contribution is 7.89. The number of anilines is 1. The largest absolute Gasteiger partial charge is 0.323 e. The average Bonchev–Trinajstić information content (AvgIpc) is 2.53. The minimum absolute atomic E-state index is 0.144. The monoisotopic (exact) mass is 378 g/mol. The van der Waals surface area contributed by atoms with Crippen LogP contribution in [-0.2, 0) is 14.8 Å². The van der Waals surface area contributed by atoms with Gasteiger partial charge in [-0.05, 0) is 55.8 Å². The maximum atomic E-state index is 12.0. The molecule has 2 N–H and O–H groups in total. The Hall–Kier alpha value is -2.15. The molecule has 0 aliphatic rings. The molecule has 1 amide bonds. The predicted octanol–water partition coefficient (Wildman–Crippen LogP) is 3.68. The van der Waals surface area contributed by atoms with Crippen molar-refractivity contribution in [3.05, 3.63) is 65.2 Å². The van der Waals surface area contributed by atoms with Gasteiger partial charge in [-0.15, -0.1) is 0 Å². The van der Waals surface area contributed by atoms with Gasteiger partial charge in [0, 0.05) is 22.8 Å². The Morgan fingerprint density at radius 2 is 1.72 bits per heavy atom. The number of halogens is 1. The van der Waals surface area contributed by atoms with Crippen LogP contribution in [0.3, 0.4) is 0 Å². The minimum atomic E-state index is -3.55. The second kappa shape index (κ2) is 8.29. The van der Waals surface area contributed by atoms with E-state index in [0.717, 1.165) is 5.56 Å². The van der Waals surface area contributed by atoms with E-state index in [-0.39, 0.29) is 16.8 Å². The third-order valence-corrected chi connectivity index (χ3v) is 5.16. The third-order valence-electron chi connectivity index (χ3n) is 3.14. The smallest absolute Gasteiger partial charge is 0.248 e. The van der Waals surface area contributed by atoms with Crippen LogP contribution in [0.4, 0.5) is 5.69 Å². The van der Waals surface area contributed by atoms with Gasteiger partial charge in [0.1, 0.15) is 0 Å². The van der Waals surface area contributed by atoms with Crippen LogP contribution < -0.4 is 10.0 Å². The van der Waals surface area contributed by atoms with E-state index in [2.05, 4.69) is 10.0 Å². The Kier molecular flexibility index (Phi) is 6.36. The van der Waals surface area contributed by atoms with Crippen LogP contribution in [0.5, 0.6) is 0 Å². The van der Waals surface area contributed by atoms with Gasteiger partial charge in [0.25, 0.3) is 0 Å². The van der Waals surface area contributed by atoms with E-state index in [1.165, 1.54) is 30.3 Å². The highest BCUT2D eigenvalue weighted by atomic mass is 35.5.